The summed E-state index contributed by atoms with van der Waals surface area (Å²) in [5.41, 5.74) is 11.9. The maximum atomic E-state index is 12.3. The number of nitrogens with zero attached hydrogens (tertiary/aromatic N) is 4. The summed E-state index contributed by atoms with van der Waals surface area (Å²) in [5, 5.41) is 19.2. The van der Waals surface area contributed by atoms with Crippen molar-refractivity contribution in [1.29, 1.82) is 0 Å². The SMILES string of the molecule is CC(C)(C)c1ccnc(-n2c3ccccc3c3cc(-n4c5ccccc5c5cccc(-c6ccc7c(c6)c6ccccc6n7Cc6ccccc6)c54)c(O)cc32)c1. The van der Waals surface area contributed by atoms with Gasteiger partial charge >= 0.3 is 0 Å². The molecule has 4 aromatic heterocycles. The first kappa shape index (κ1) is 33.2. The molecule has 0 saturated carbocycles. The first-order valence-corrected chi connectivity index (χ1v) is 19.6. The van der Waals surface area contributed by atoms with Crippen molar-refractivity contribution in [1.82, 2.24) is 18.7 Å². The molecule has 0 unspecified atom stereocenters. The summed E-state index contributed by atoms with van der Waals surface area (Å²) < 4.78 is 6.88. The molecule has 7 aromatic carbocycles. The van der Waals surface area contributed by atoms with Crippen molar-refractivity contribution in [3.63, 3.8) is 0 Å². The summed E-state index contributed by atoms with van der Waals surface area (Å²) in [6, 6.07) is 58.2. The third-order valence-electron chi connectivity index (χ3n) is 11.8. The molecule has 0 spiro atoms. The first-order chi connectivity index (χ1) is 27.8. The first-order valence-electron chi connectivity index (χ1n) is 19.6. The van der Waals surface area contributed by atoms with Crippen molar-refractivity contribution in [2.24, 2.45) is 0 Å². The van der Waals surface area contributed by atoms with Crippen LogP contribution in [0, 0.1) is 0 Å². The molecule has 5 heteroatoms. The summed E-state index contributed by atoms with van der Waals surface area (Å²) in [6.45, 7) is 7.46. The quantitative estimate of drug-likeness (QED) is 0.191. The molecule has 274 valence electrons. The van der Waals surface area contributed by atoms with Crippen LogP contribution in [0.5, 0.6) is 5.75 Å². The molecule has 1 N–H and O–H groups in total. The van der Waals surface area contributed by atoms with Crippen LogP contribution in [0.2, 0.25) is 0 Å². The van der Waals surface area contributed by atoms with Crippen LogP contribution in [0.1, 0.15) is 31.9 Å². The predicted molar refractivity (Wildman–Crippen MR) is 237 cm³/mol. The number of hydrogen-bond acceptors (Lipinski definition) is 2. The summed E-state index contributed by atoms with van der Waals surface area (Å²) in [6.07, 6.45) is 1.89. The topological polar surface area (TPSA) is 47.9 Å². The maximum Gasteiger partial charge on any atom is 0.141 e. The third kappa shape index (κ3) is 5.12. The van der Waals surface area contributed by atoms with Gasteiger partial charge in [-0.1, -0.05) is 130 Å². The average molecular weight is 737 g/mol. The molecule has 0 bridgehead atoms. The van der Waals surface area contributed by atoms with Crippen LogP contribution in [0.3, 0.4) is 0 Å². The molecule has 0 aliphatic carbocycles. The monoisotopic (exact) mass is 736 g/mol. The Bertz CT molecular complexity index is 3380. The lowest BCUT2D eigenvalue weighted by Crippen LogP contribution is -2.12. The molecule has 0 aliphatic rings. The fourth-order valence-electron chi connectivity index (χ4n) is 9.09. The number of phenolic OH excluding ortho intramolecular Hbond substituents is 1. The van der Waals surface area contributed by atoms with Gasteiger partial charge in [0.25, 0.3) is 0 Å². The van der Waals surface area contributed by atoms with E-state index < -0.39 is 0 Å². The highest BCUT2D eigenvalue weighted by Gasteiger charge is 2.23. The number of hydrogen-bond donors (Lipinski definition) is 1. The molecule has 57 heavy (non-hydrogen) atoms. The van der Waals surface area contributed by atoms with E-state index in [1.54, 1.807) is 0 Å². The number of benzene rings is 7. The van der Waals surface area contributed by atoms with E-state index in [1.807, 2.05) is 12.3 Å². The van der Waals surface area contributed by atoms with Crippen molar-refractivity contribution in [3.05, 3.63) is 181 Å². The summed E-state index contributed by atoms with van der Waals surface area (Å²) in [7, 11) is 0. The van der Waals surface area contributed by atoms with Gasteiger partial charge in [-0.25, -0.2) is 4.98 Å². The van der Waals surface area contributed by atoms with Crippen molar-refractivity contribution in [2.75, 3.05) is 0 Å². The van der Waals surface area contributed by atoms with Gasteiger partial charge in [-0.3, -0.25) is 4.57 Å². The van der Waals surface area contributed by atoms with Gasteiger partial charge in [-0.2, -0.15) is 0 Å². The van der Waals surface area contributed by atoms with Crippen LogP contribution in [0.25, 0.3) is 88.0 Å². The van der Waals surface area contributed by atoms with Gasteiger partial charge < -0.3 is 14.2 Å². The highest BCUT2D eigenvalue weighted by atomic mass is 16.3. The second kappa shape index (κ2) is 12.5. The standard InChI is InChI=1S/C52H40N4O/c1-52(2,3)35-26-27-53-50(29-35)55-45-22-11-9-18-39(45)42-30-48(49(57)31-47(42)55)56-46-23-12-8-16-37(46)40-20-13-19-36(51(40)56)34-24-25-44-41(28-34)38-17-7-10-21-43(38)54(44)32-33-14-5-4-6-15-33/h4-31,57H,32H2,1-3H3. The second-order valence-corrected chi connectivity index (χ2v) is 16.2. The molecular weight excluding hydrogens is 697 g/mol. The zero-order valence-electron chi connectivity index (χ0n) is 32.1. The highest BCUT2D eigenvalue weighted by Crippen LogP contribution is 2.44. The van der Waals surface area contributed by atoms with Gasteiger partial charge in [0.1, 0.15) is 11.6 Å². The zero-order chi connectivity index (χ0) is 38.4. The van der Waals surface area contributed by atoms with Crippen molar-refractivity contribution < 1.29 is 5.11 Å². The number of aromatic nitrogens is 4. The minimum atomic E-state index is -0.0379. The van der Waals surface area contributed by atoms with Gasteiger partial charge in [0, 0.05) is 67.7 Å². The number of fused-ring (bicyclic) bond motifs is 9. The van der Waals surface area contributed by atoms with E-state index in [1.165, 1.54) is 32.9 Å². The Balaban J connectivity index is 1.16. The van der Waals surface area contributed by atoms with Crippen LogP contribution >= 0.6 is 0 Å². The van der Waals surface area contributed by atoms with Gasteiger partial charge in [-0.15, -0.1) is 0 Å². The Morgan fingerprint density at radius 2 is 1.12 bits per heavy atom. The van der Waals surface area contributed by atoms with E-state index in [2.05, 4.69) is 192 Å². The molecule has 11 rings (SSSR count). The largest absolute Gasteiger partial charge is 0.506 e. The molecule has 0 saturated heterocycles. The lowest BCUT2D eigenvalue weighted by Gasteiger charge is -2.20. The minimum Gasteiger partial charge on any atom is -0.506 e. The number of rotatable bonds is 5. The van der Waals surface area contributed by atoms with Crippen LogP contribution in [-0.2, 0) is 12.0 Å². The Labute approximate surface area is 330 Å². The number of phenols is 1. The fraction of sp³-hybridized carbons (Fsp3) is 0.0962. The molecule has 11 aromatic rings. The summed E-state index contributed by atoms with van der Waals surface area (Å²) in [5.74, 6) is 1.04. The van der Waals surface area contributed by atoms with Crippen molar-refractivity contribution in [2.45, 2.75) is 32.7 Å². The number of aromatic hydroxyl groups is 1. The Morgan fingerprint density at radius 1 is 0.509 bits per heavy atom. The zero-order valence-corrected chi connectivity index (χ0v) is 32.1. The van der Waals surface area contributed by atoms with Crippen LogP contribution in [0.4, 0.5) is 0 Å². The molecule has 0 amide bonds. The molecule has 5 nitrogen and oxygen atoms in total. The molecule has 0 radical (unpaired) electrons. The van der Waals surface area contributed by atoms with Gasteiger partial charge in [0.05, 0.1) is 27.8 Å². The highest BCUT2D eigenvalue weighted by molar-refractivity contribution is 6.16. The molecule has 0 fully saturated rings. The molecule has 4 heterocycles. The lowest BCUT2D eigenvalue weighted by molar-refractivity contribution is 0.474. The third-order valence-corrected chi connectivity index (χ3v) is 11.8. The number of pyridine rings is 1. The van der Waals surface area contributed by atoms with Gasteiger partial charge in [-0.05, 0) is 70.6 Å². The lowest BCUT2D eigenvalue weighted by atomic mass is 9.88. The van der Waals surface area contributed by atoms with Gasteiger partial charge in [0.15, 0.2) is 0 Å². The van der Waals surface area contributed by atoms with E-state index in [9.17, 15) is 5.11 Å². The van der Waals surface area contributed by atoms with E-state index in [0.29, 0.717) is 0 Å². The van der Waals surface area contributed by atoms with Crippen LogP contribution in [0.15, 0.2) is 170 Å². The summed E-state index contributed by atoms with van der Waals surface area (Å²) in [4.78, 5) is 4.86. The van der Waals surface area contributed by atoms with Crippen LogP contribution in [-0.4, -0.2) is 23.8 Å². The summed E-state index contributed by atoms with van der Waals surface area (Å²) >= 11 is 0. The number of para-hydroxylation sites is 4. The van der Waals surface area contributed by atoms with E-state index in [-0.39, 0.29) is 11.2 Å². The van der Waals surface area contributed by atoms with E-state index in [0.717, 1.165) is 72.8 Å². The normalized spacial score (nSPS) is 12.3. The van der Waals surface area contributed by atoms with E-state index >= 15 is 0 Å². The predicted octanol–water partition coefficient (Wildman–Crippen LogP) is 13.1. The molecular formula is C52H40N4O. The fourth-order valence-corrected chi connectivity index (χ4v) is 9.09. The molecule has 0 aliphatic heterocycles. The van der Waals surface area contributed by atoms with Crippen LogP contribution < -0.4 is 0 Å². The maximum absolute atomic E-state index is 12.3. The Hall–Kier alpha value is -7.11. The molecule has 0 atom stereocenters. The van der Waals surface area contributed by atoms with Gasteiger partial charge in [0.2, 0.25) is 0 Å². The Morgan fingerprint density at radius 3 is 1.88 bits per heavy atom. The second-order valence-electron chi connectivity index (χ2n) is 16.2. The smallest absolute Gasteiger partial charge is 0.141 e. The average Bonchev–Trinajstić information content (AvgIpc) is 3.86. The minimum absolute atomic E-state index is 0.0379. The van der Waals surface area contributed by atoms with E-state index in [4.69, 9.17) is 4.98 Å². The Kier molecular flexibility index (Phi) is 7.26. The van der Waals surface area contributed by atoms with Crippen molar-refractivity contribution >= 4 is 65.4 Å². The van der Waals surface area contributed by atoms with Crippen molar-refractivity contribution in [3.8, 4) is 28.4 Å².